The minimum absolute atomic E-state index is 0.489. The van der Waals surface area contributed by atoms with Gasteiger partial charge in [-0.05, 0) is 62.1 Å². The van der Waals surface area contributed by atoms with E-state index in [-0.39, 0.29) is 0 Å². The largest absolute Gasteiger partial charge is 0.344 e. The van der Waals surface area contributed by atoms with Gasteiger partial charge in [0.2, 0.25) is 0 Å². The molecule has 0 aliphatic carbocycles. The molecule has 1 aromatic carbocycles. The van der Waals surface area contributed by atoms with Crippen LogP contribution in [0.3, 0.4) is 0 Å². The maximum Gasteiger partial charge on any atom is 0.0485 e. The lowest BCUT2D eigenvalue weighted by molar-refractivity contribution is 0.351. The third-order valence-electron chi connectivity index (χ3n) is 5.98. The second kappa shape index (κ2) is 7.47. The number of aromatic nitrogens is 2. The first-order valence-corrected chi connectivity index (χ1v) is 10.3. The Labute approximate surface area is 163 Å². The number of fused-ring (bicyclic) bond motifs is 3. The second-order valence-electron chi connectivity index (χ2n) is 8.40. The van der Waals surface area contributed by atoms with Crippen molar-refractivity contribution >= 4 is 10.9 Å². The minimum atomic E-state index is 0.489. The van der Waals surface area contributed by atoms with Crippen LogP contribution < -0.4 is 0 Å². The molecule has 27 heavy (non-hydrogen) atoms. The fraction of sp³-hybridized carbons (Fsp3) is 0.458. The molecule has 3 nitrogen and oxygen atoms in total. The van der Waals surface area contributed by atoms with E-state index in [1.54, 1.807) is 11.3 Å². The van der Waals surface area contributed by atoms with Gasteiger partial charge in [0.1, 0.15) is 0 Å². The number of benzene rings is 1. The average Bonchev–Trinajstić information content (AvgIpc) is 2.80. The van der Waals surface area contributed by atoms with Crippen molar-refractivity contribution in [3.63, 3.8) is 0 Å². The monoisotopic (exact) mass is 361 g/mol. The molecular formula is C24H31N3. The van der Waals surface area contributed by atoms with Crippen LogP contribution in [0, 0.1) is 6.92 Å². The molecule has 3 heteroatoms. The molecule has 0 radical (unpaired) electrons. The zero-order valence-electron chi connectivity index (χ0n) is 17.1. The van der Waals surface area contributed by atoms with E-state index >= 15 is 0 Å². The van der Waals surface area contributed by atoms with Crippen LogP contribution in [-0.2, 0) is 25.8 Å². The molecule has 0 unspecified atom stereocenters. The molecule has 0 saturated carbocycles. The van der Waals surface area contributed by atoms with Crippen molar-refractivity contribution < 1.29 is 0 Å². The van der Waals surface area contributed by atoms with Crippen molar-refractivity contribution in [3.05, 3.63) is 64.6 Å². The summed E-state index contributed by atoms with van der Waals surface area (Å²) in [6.07, 6.45) is 5.40. The summed E-state index contributed by atoms with van der Waals surface area (Å²) < 4.78 is 2.58. The van der Waals surface area contributed by atoms with Crippen molar-refractivity contribution in [1.29, 1.82) is 0 Å². The van der Waals surface area contributed by atoms with Gasteiger partial charge >= 0.3 is 0 Å². The number of aryl methyl sites for hydroxylation is 3. The van der Waals surface area contributed by atoms with Gasteiger partial charge in [-0.1, -0.05) is 31.5 Å². The Morgan fingerprint density at radius 3 is 2.63 bits per heavy atom. The maximum absolute atomic E-state index is 4.65. The van der Waals surface area contributed by atoms with Crippen molar-refractivity contribution in [2.45, 2.75) is 52.5 Å². The SMILES string of the molecule is Cc1ccc2c(c1)c1c(n2CCc2ccc(C(C)C)nc2)CCN(C)CC1. The summed E-state index contributed by atoms with van der Waals surface area (Å²) in [5, 5.41) is 1.47. The normalized spacial score (nSPS) is 15.3. The molecule has 0 bridgehead atoms. The Kier molecular flexibility index (Phi) is 5.05. The van der Waals surface area contributed by atoms with Crippen LogP contribution in [0.25, 0.3) is 10.9 Å². The molecule has 0 amide bonds. The topological polar surface area (TPSA) is 21.1 Å². The molecule has 0 atom stereocenters. The fourth-order valence-corrected chi connectivity index (χ4v) is 4.29. The Hall–Kier alpha value is -2.13. The van der Waals surface area contributed by atoms with Crippen LogP contribution in [-0.4, -0.2) is 34.6 Å². The molecule has 142 valence electrons. The van der Waals surface area contributed by atoms with Gasteiger partial charge in [-0.3, -0.25) is 4.98 Å². The van der Waals surface area contributed by atoms with Crippen molar-refractivity contribution in [3.8, 4) is 0 Å². The van der Waals surface area contributed by atoms with Gasteiger partial charge in [-0.25, -0.2) is 0 Å². The molecule has 0 fully saturated rings. The lowest BCUT2D eigenvalue weighted by Gasteiger charge is -2.14. The van der Waals surface area contributed by atoms with Gasteiger partial charge in [0, 0.05) is 54.5 Å². The van der Waals surface area contributed by atoms with E-state index in [2.05, 4.69) is 78.8 Å². The summed E-state index contributed by atoms with van der Waals surface area (Å²) in [5.41, 5.74) is 8.39. The van der Waals surface area contributed by atoms with Gasteiger partial charge in [0.15, 0.2) is 0 Å². The summed E-state index contributed by atoms with van der Waals surface area (Å²) in [6, 6.07) is 11.4. The Morgan fingerprint density at radius 2 is 1.89 bits per heavy atom. The number of hydrogen-bond donors (Lipinski definition) is 0. The fourth-order valence-electron chi connectivity index (χ4n) is 4.29. The molecule has 0 spiro atoms. The number of hydrogen-bond acceptors (Lipinski definition) is 2. The third kappa shape index (κ3) is 3.66. The summed E-state index contributed by atoms with van der Waals surface area (Å²) in [4.78, 5) is 7.11. The van der Waals surface area contributed by atoms with Gasteiger partial charge in [-0.2, -0.15) is 0 Å². The highest BCUT2D eigenvalue weighted by Gasteiger charge is 2.20. The highest BCUT2D eigenvalue weighted by Crippen LogP contribution is 2.30. The van der Waals surface area contributed by atoms with Crippen LogP contribution in [0.15, 0.2) is 36.5 Å². The molecule has 3 aromatic rings. The van der Waals surface area contributed by atoms with Crippen LogP contribution in [0.5, 0.6) is 0 Å². The number of likely N-dealkylation sites (N-methyl/N-ethyl adjacent to an activating group) is 1. The van der Waals surface area contributed by atoms with E-state index in [9.17, 15) is 0 Å². The Balaban J connectivity index is 1.66. The predicted molar refractivity (Wildman–Crippen MR) is 114 cm³/mol. The minimum Gasteiger partial charge on any atom is -0.344 e. The summed E-state index contributed by atoms with van der Waals surface area (Å²) >= 11 is 0. The number of pyridine rings is 1. The first kappa shape index (κ1) is 18.2. The van der Waals surface area contributed by atoms with Crippen LogP contribution in [0.1, 0.15) is 47.8 Å². The highest BCUT2D eigenvalue weighted by molar-refractivity contribution is 5.86. The Morgan fingerprint density at radius 1 is 1.07 bits per heavy atom. The number of nitrogens with zero attached hydrogens (tertiary/aromatic N) is 3. The standard InChI is InChI=1S/C24H31N3/c1-17(2)22-7-6-19(16-25-22)9-14-27-23-8-5-18(3)15-21(23)20-10-12-26(4)13-11-24(20)27/h5-8,15-17H,9-14H2,1-4H3. The molecule has 1 aliphatic rings. The van der Waals surface area contributed by atoms with Crippen molar-refractivity contribution in [1.82, 2.24) is 14.5 Å². The van der Waals surface area contributed by atoms with Crippen LogP contribution in [0.2, 0.25) is 0 Å². The molecule has 4 rings (SSSR count). The first-order valence-electron chi connectivity index (χ1n) is 10.3. The molecule has 3 heterocycles. The first-order chi connectivity index (χ1) is 13.0. The second-order valence-corrected chi connectivity index (χ2v) is 8.40. The van der Waals surface area contributed by atoms with Gasteiger partial charge in [-0.15, -0.1) is 0 Å². The van der Waals surface area contributed by atoms with E-state index in [0.717, 1.165) is 38.9 Å². The maximum atomic E-state index is 4.65. The van der Waals surface area contributed by atoms with Crippen molar-refractivity contribution in [2.24, 2.45) is 0 Å². The summed E-state index contributed by atoms with van der Waals surface area (Å²) in [5.74, 6) is 0.489. The molecule has 1 aliphatic heterocycles. The summed E-state index contributed by atoms with van der Waals surface area (Å²) in [6.45, 7) is 9.92. The van der Waals surface area contributed by atoms with Gasteiger partial charge in [0.25, 0.3) is 0 Å². The molecular weight excluding hydrogens is 330 g/mol. The average molecular weight is 362 g/mol. The Bertz CT molecular complexity index is 934. The van der Waals surface area contributed by atoms with Crippen molar-refractivity contribution in [2.75, 3.05) is 20.1 Å². The zero-order chi connectivity index (χ0) is 19.0. The number of rotatable bonds is 4. The summed E-state index contributed by atoms with van der Waals surface area (Å²) in [7, 11) is 2.24. The van der Waals surface area contributed by atoms with E-state index in [0.29, 0.717) is 5.92 Å². The van der Waals surface area contributed by atoms with E-state index in [1.807, 2.05) is 0 Å². The highest BCUT2D eigenvalue weighted by atomic mass is 15.1. The lowest BCUT2D eigenvalue weighted by atomic mass is 10.1. The van der Waals surface area contributed by atoms with E-state index in [4.69, 9.17) is 0 Å². The molecule has 0 N–H and O–H groups in total. The molecule has 0 saturated heterocycles. The predicted octanol–water partition coefficient (Wildman–Crippen LogP) is 4.74. The molecule has 2 aromatic heterocycles. The van der Waals surface area contributed by atoms with Gasteiger partial charge in [0.05, 0.1) is 0 Å². The quantitative estimate of drug-likeness (QED) is 0.669. The van der Waals surface area contributed by atoms with Crippen LogP contribution >= 0.6 is 0 Å². The zero-order valence-corrected chi connectivity index (χ0v) is 17.1. The van der Waals surface area contributed by atoms with Crippen LogP contribution in [0.4, 0.5) is 0 Å². The smallest absolute Gasteiger partial charge is 0.0485 e. The lowest BCUT2D eigenvalue weighted by Crippen LogP contribution is -2.21. The van der Waals surface area contributed by atoms with E-state index in [1.165, 1.54) is 27.7 Å². The third-order valence-corrected chi connectivity index (χ3v) is 5.98. The van der Waals surface area contributed by atoms with Gasteiger partial charge < -0.3 is 9.47 Å². The van der Waals surface area contributed by atoms with E-state index < -0.39 is 0 Å².